The van der Waals surface area contributed by atoms with Gasteiger partial charge in [-0.3, -0.25) is 4.79 Å². The van der Waals surface area contributed by atoms with Crippen molar-refractivity contribution in [3.63, 3.8) is 0 Å². The standard InChI is InChI=1S/C11H13FN4O4/c12-10-4(5-7(16-10)11(20)14-2-13-5)6-9(19)8(18)3(1-17)15-6/h2-3,6,8-9,15-19H,1H2,(H,13,14,20)/t3-,6+,8+,9?/m1/s1. The first-order valence-corrected chi connectivity index (χ1v) is 6.02. The van der Waals surface area contributed by atoms with E-state index in [2.05, 4.69) is 20.3 Å². The Labute approximate surface area is 111 Å². The molecule has 4 atom stereocenters. The van der Waals surface area contributed by atoms with Crippen molar-refractivity contribution >= 4 is 11.0 Å². The van der Waals surface area contributed by atoms with Gasteiger partial charge in [0.15, 0.2) is 5.95 Å². The van der Waals surface area contributed by atoms with Crippen LogP contribution in [0.2, 0.25) is 0 Å². The molecule has 0 spiro atoms. The van der Waals surface area contributed by atoms with Gasteiger partial charge in [-0.15, -0.1) is 0 Å². The summed E-state index contributed by atoms with van der Waals surface area (Å²) >= 11 is 0. The molecule has 2 aromatic heterocycles. The first kappa shape index (κ1) is 13.2. The molecule has 20 heavy (non-hydrogen) atoms. The molecule has 9 heteroatoms. The maximum Gasteiger partial charge on any atom is 0.275 e. The summed E-state index contributed by atoms with van der Waals surface area (Å²) in [4.78, 5) is 20.0. The van der Waals surface area contributed by atoms with Gasteiger partial charge < -0.3 is 30.6 Å². The number of aliphatic hydroxyl groups is 3. The number of rotatable bonds is 2. The Hall–Kier alpha value is -1.81. The molecule has 0 saturated carbocycles. The van der Waals surface area contributed by atoms with E-state index in [1.807, 2.05) is 0 Å². The number of H-pyrrole nitrogens is 2. The minimum Gasteiger partial charge on any atom is -0.395 e. The molecular weight excluding hydrogens is 271 g/mol. The molecule has 0 amide bonds. The van der Waals surface area contributed by atoms with Gasteiger partial charge in [-0.1, -0.05) is 0 Å². The number of fused-ring (bicyclic) bond motifs is 1. The fraction of sp³-hybridized carbons (Fsp3) is 0.455. The molecule has 1 aliphatic heterocycles. The van der Waals surface area contributed by atoms with E-state index in [9.17, 15) is 19.4 Å². The van der Waals surface area contributed by atoms with E-state index >= 15 is 0 Å². The van der Waals surface area contributed by atoms with Gasteiger partial charge in [-0.05, 0) is 0 Å². The second kappa shape index (κ2) is 4.63. The lowest BCUT2D eigenvalue weighted by molar-refractivity contribution is 0.0192. The topological polar surface area (TPSA) is 134 Å². The van der Waals surface area contributed by atoms with Gasteiger partial charge in [0.1, 0.15) is 17.1 Å². The third kappa shape index (κ3) is 1.75. The van der Waals surface area contributed by atoms with E-state index in [0.717, 1.165) is 6.33 Å². The molecule has 3 heterocycles. The summed E-state index contributed by atoms with van der Waals surface area (Å²) in [7, 11) is 0. The summed E-state index contributed by atoms with van der Waals surface area (Å²) in [5, 5.41) is 31.5. The summed E-state index contributed by atoms with van der Waals surface area (Å²) in [5.74, 6) is -0.813. The lowest BCUT2D eigenvalue weighted by atomic mass is 10.0. The largest absolute Gasteiger partial charge is 0.395 e. The van der Waals surface area contributed by atoms with Crippen molar-refractivity contribution in [2.45, 2.75) is 24.3 Å². The van der Waals surface area contributed by atoms with Crippen LogP contribution >= 0.6 is 0 Å². The van der Waals surface area contributed by atoms with Crippen LogP contribution in [0, 0.1) is 5.95 Å². The van der Waals surface area contributed by atoms with Crippen LogP contribution in [-0.4, -0.2) is 55.1 Å². The highest BCUT2D eigenvalue weighted by atomic mass is 19.1. The summed E-state index contributed by atoms with van der Waals surface area (Å²) in [5.41, 5.74) is -0.537. The number of hydrogen-bond acceptors (Lipinski definition) is 6. The molecule has 0 bridgehead atoms. The summed E-state index contributed by atoms with van der Waals surface area (Å²) in [6.45, 7) is -0.410. The monoisotopic (exact) mass is 284 g/mol. The average molecular weight is 284 g/mol. The van der Waals surface area contributed by atoms with E-state index in [4.69, 9.17) is 5.11 Å². The predicted molar refractivity (Wildman–Crippen MR) is 65.4 cm³/mol. The molecule has 2 aromatic rings. The molecular formula is C11H13FN4O4. The summed E-state index contributed by atoms with van der Waals surface area (Å²) in [6, 6.07) is -1.74. The smallest absolute Gasteiger partial charge is 0.275 e. The van der Waals surface area contributed by atoms with Crippen LogP contribution in [0.1, 0.15) is 11.6 Å². The molecule has 6 N–H and O–H groups in total. The number of nitrogens with one attached hydrogen (secondary N) is 3. The summed E-state index contributed by atoms with van der Waals surface area (Å²) in [6.07, 6.45) is -1.43. The van der Waals surface area contributed by atoms with Crippen LogP contribution in [0.3, 0.4) is 0 Å². The van der Waals surface area contributed by atoms with Crippen molar-refractivity contribution < 1.29 is 19.7 Å². The highest BCUT2D eigenvalue weighted by molar-refractivity contribution is 5.78. The quantitative estimate of drug-likeness (QED) is 0.382. The van der Waals surface area contributed by atoms with Crippen molar-refractivity contribution in [1.82, 2.24) is 20.3 Å². The van der Waals surface area contributed by atoms with E-state index in [1.54, 1.807) is 0 Å². The highest BCUT2D eigenvalue weighted by Crippen LogP contribution is 2.32. The van der Waals surface area contributed by atoms with Gasteiger partial charge in [-0.25, -0.2) is 4.98 Å². The molecule has 1 aliphatic rings. The Kier molecular flexibility index (Phi) is 3.05. The Morgan fingerprint density at radius 1 is 1.35 bits per heavy atom. The normalized spacial score (nSPS) is 30.2. The lowest BCUT2D eigenvalue weighted by Crippen LogP contribution is -2.35. The fourth-order valence-corrected chi connectivity index (χ4v) is 2.56. The maximum absolute atomic E-state index is 14.0. The fourth-order valence-electron chi connectivity index (χ4n) is 2.56. The molecule has 8 nitrogen and oxygen atoms in total. The minimum atomic E-state index is -1.32. The van der Waals surface area contributed by atoms with Crippen LogP contribution in [0.4, 0.5) is 4.39 Å². The predicted octanol–water partition coefficient (Wildman–Crippen LogP) is -1.88. The molecule has 3 rings (SSSR count). The van der Waals surface area contributed by atoms with E-state index in [-0.39, 0.29) is 16.6 Å². The Balaban J connectivity index is 2.14. The molecule has 0 aliphatic carbocycles. The van der Waals surface area contributed by atoms with E-state index < -0.39 is 42.4 Å². The number of aliphatic hydroxyl groups excluding tert-OH is 3. The third-order valence-electron chi connectivity index (χ3n) is 3.58. The molecule has 1 unspecified atom stereocenters. The first-order valence-electron chi connectivity index (χ1n) is 6.02. The van der Waals surface area contributed by atoms with Crippen molar-refractivity contribution in [2.24, 2.45) is 0 Å². The second-order valence-corrected chi connectivity index (χ2v) is 4.72. The van der Waals surface area contributed by atoms with Crippen LogP contribution in [-0.2, 0) is 0 Å². The lowest BCUT2D eigenvalue weighted by Gasteiger charge is -2.14. The minimum absolute atomic E-state index is 0.0337. The van der Waals surface area contributed by atoms with Crippen LogP contribution in [0.25, 0.3) is 11.0 Å². The van der Waals surface area contributed by atoms with Crippen molar-refractivity contribution in [3.05, 3.63) is 28.2 Å². The van der Waals surface area contributed by atoms with E-state index in [0.29, 0.717) is 0 Å². The third-order valence-corrected chi connectivity index (χ3v) is 3.58. The molecule has 108 valence electrons. The van der Waals surface area contributed by atoms with Gasteiger partial charge in [0.25, 0.3) is 5.56 Å². The van der Waals surface area contributed by atoms with Crippen LogP contribution in [0.5, 0.6) is 0 Å². The van der Waals surface area contributed by atoms with Gasteiger partial charge in [-0.2, -0.15) is 4.39 Å². The Bertz CT molecular complexity index is 699. The van der Waals surface area contributed by atoms with Gasteiger partial charge >= 0.3 is 0 Å². The van der Waals surface area contributed by atoms with Gasteiger partial charge in [0, 0.05) is 0 Å². The maximum atomic E-state index is 14.0. The van der Waals surface area contributed by atoms with Crippen LogP contribution in [0.15, 0.2) is 11.1 Å². The Morgan fingerprint density at radius 2 is 2.10 bits per heavy atom. The van der Waals surface area contributed by atoms with Gasteiger partial charge in [0.05, 0.1) is 36.7 Å². The molecule has 0 aromatic carbocycles. The van der Waals surface area contributed by atoms with Crippen LogP contribution < -0.4 is 10.9 Å². The van der Waals surface area contributed by atoms with Crippen molar-refractivity contribution in [3.8, 4) is 0 Å². The number of aromatic amines is 2. The zero-order valence-corrected chi connectivity index (χ0v) is 10.2. The van der Waals surface area contributed by atoms with Crippen molar-refractivity contribution in [1.29, 1.82) is 0 Å². The van der Waals surface area contributed by atoms with E-state index in [1.165, 1.54) is 0 Å². The molecule has 1 saturated heterocycles. The number of hydrogen-bond donors (Lipinski definition) is 6. The number of nitrogens with zero attached hydrogens (tertiary/aromatic N) is 1. The first-order chi connectivity index (χ1) is 9.54. The number of aromatic nitrogens is 3. The second-order valence-electron chi connectivity index (χ2n) is 4.72. The van der Waals surface area contributed by atoms with Crippen molar-refractivity contribution in [2.75, 3.05) is 6.61 Å². The zero-order chi connectivity index (χ0) is 14.4. The van der Waals surface area contributed by atoms with Gasteiger partial charge in [0.2, 0.25) is 0 Å². The zero-order valence-electron chi connectivity index (χ0n) is 10.2. The average Bonchev–Trinajstić information content (AvgIpc) is 2.90. The highest BCUT2D eigenvalue weighted by Gasteiger charge is 2.43. The number of halogens is 1. The molecule has 0 radical (unpaired) electrons. The Morgan fingerprint density at radius 3 is 2.75 bits per heavy atom. The SMILES string of the molecule is O=c1[nH]cnc2c([C@@H]3N[C@H](CO)[C@H](O)C3O)c(F)[nH]c12. The molecule has 1 fully saturated rings. The summed E-state index contributed by atoms with van der Waals surface area (Å²) < 4.78 is 14.0.